The van der Waals surface area contributed by atoms with Crippen LogP contribution in [0, 0.1) is 0 Å². The maximum atomic E-state index is 2.29. The number of unbranched alkanes of at least 4 members (excludes halogenated alkanes) is 2. The third-order valence-electron chi connectivity index (χ3n) is 2.72. The summed E-state index contributed by atoms with van der Waals surface area (Å²) in [7, 11) is 0. The molecule has 0 unspecified atom stereocenters. The van der Waals surface area contributed by atoms with Crippen molar-refractivity contribution in [1.82, 2.24) is 0 Å². The summed E-state index contributed by atoms with van der Waals surface area (Å²) in [6.45, 7) is 8.52. The lowest BCUT2D eigenvalue weighted by Gasteiger charge is -2.07. The fourth-order valence-electron chi connectivity index (χ4n) is 1.78. The summed E-state index contributed by atoms with van der Waals surface area (Å²) in [5.74, 6) is 0. The van der Waals surface area contributed by atoms with Gasteiger partial charge < -0.3 is 0 Å². The Morgan fingerprint density at radius 2 is 1.12 bits per heavy atom. The summed E-state index contributed by atoms with van der Waals surface area (Å²) in [5.41, 5.74) is 3.14. The lowest BCUT2D eigenvalue weighted by atomic mass is 9.98. The molecule has 0 atom stereocenters. The Kier molecular flexibility index (Phi) is 10.2. The minimum absolute atomic E-state index is 1.26. The smallest absolute Gasteiger partial charge is 0.0276 e. The molecule has 0 aliphatic heterocycles. The highest BCUT2D eigenvalue weighted by atomic mass is 14.1. The first-order valence-electron chi connectivity index (χ1n) is 6.95. The van der Waals surface area contributed by atoms with Gasteiger partial charge in [-0.2, -0.15) is 0 Å². The fraction of sp³-hybridized carbons (Fsp3) is 0.625. The molecule has 0 amide bonds. The summed E-state index contributed by atoms with van der Waals surface area (Å²) in [6.07, 6.45) is 7.75. The lowest BCUT2D eigenvalue weighted by Crippen LogP contribution is -1.94. The number of benzene rings is 1. The number of aryl methyl sites for hydroxylation is 2. The molecule has 0 aromatic heterocycles. The standard InChI is InChI=1S/C14H22.C2H6/c1-3-5-9-13-11-7-8-12-14(13)10-6-4-2;1-2/h7-8,11-12H,3-6,9-10H2,1-2H3;1-2H3. The zero-order valence-corrected chi connectivity index (χ0v) is 11.6. The molecule has 16 heavy (non-hydrogen) atoms. The molecule has 0 fully saturated rings. The molecule has 0 heterocycles. The summed E-state index contributed by atoms with van der Waals surface area (Å²) < 4.78 is 0. The second-order valence-corrected chi connectivity index (χ2v) is 3.98. The van der Waals surface area contributed by atoms with Crippen molar-refractivity contribution in [2.45, 2.75) is 66.2 Å². The Morgan fingerprint density at radius 3 is 1.44 bits per heavy atom. The SMILES string of the molecule is CC.CCCCc1ccccc1CCCC. The molecule has 0 heteroatoms. The second-order valence-electron chi connectivity index (χ2n) is 3.98. The van der Waals surface area contributed by atoms with Crippen molar-refractivity contribution in [3.05, 3.63) is 35.4 Å². The molecule has 0 spiro atoms. The van der Waals surface area contributed by atoms with Gasteiger partial charge in [0.05, 0.1) is 0 Å². The van der Waals surface area contributed by atoms with Gasteiger partial charge in [-0.05, 0) is 36.8 Å². The zero-order chi connectivity index (χ0) is 12.2. The van der Waals surface area contributed by atoms with Gasteiger partial charge in [-0.3, -0.25) is 0 Å². The average molecular weight is 220 g/mol. The minimum atomic E-state index is 1.26. The van der Waals surface area contributed by atoms with Gasteiger partial charge in [0.2, 0.25) is 0 Å². The molecule has 0 radical (unpaired) electrons. The average Bonchev–Trinajstić information content (AvgIpc) is 2.37. The highest BCUT2D eigenvalue weighted by Gasteiger charge is 1.99. The van der Waals surface area contributed by atoms with Gasteiger partial charge in [0.1, 0.15) is 0 Å². The molecular weight excluding hydrogens is 192 g/mol. The number of hydrogen-bond donors (Lipinski definition) is 0. The molecule has 0 aliphatic rings. The van der Waals surface area contributed by atoms with Crippen LogP contribution in [0.25, 0.3) is 0 Å². The maximum absolute atomic E-state index is 2.29. The zero-order valence-electron chi connectivity index (χ0n) is 11.6. The first-order chi connectivity index (χ1) is 7.88. The molecular formula is C16H28. The molecule has 0 aliphatic carbocycles. The summed E-state index contributed by atoms with van der Waals surface area (Å²) >= 11 is 0. The molecule has 1 aromatic rings. The predicted octanol–water partition coefficient (Wildman–Crippen LogP) is 5.40. The van der Waals surface area contributed by atoms with Crippen LogP contribution in [0.1, 0.15) is 64.5 Å². The molecule has 92 valence electrons. The second kappa shape index (κ2) is 10.7. The van der Waals surface area contributed by atoms with Crippen LogP contribution in [-0.4, -0.2) is 0 Å². The van der Waals surface area contributed by atoms with Crippen molar-refractivity contribution in [3.63, 3.8) is 0 Å². The van der Waals surface area contributed by atoms with E-state index in [1.54, 1.807) is 11.1 Å². The van der Waals surface area contributed by atoms with Crippen LogP contribution in [0.15, 0.2) is 24.3 Å². The van der Waals surface area contributed by atoms with Gasteiger partial charge in [0.25, 0.3) is 0 Å². The van der Waals surface area contributed by atoms with Crippen molar-refractivity contribution in [2.75, 3.05) is 0 Å². The highest BCUT2D eigenvalue weighted by molar-refractivity contribution is 5.27. The lowest BCUT2D eigenvalue weighted by molar-refractivity contribution is 0.758. The van der Waals surface area contributed by atoms with Gasteiger partial charge in [-0.15, -0.1) is 0 Å². The molecule has 0 saturated carbocycles. The fourth-order valence-corrected chi connectivity index (χ4v) is 1.78. The monoisotopic (exact) mass is 220 g/mol. The van der Waals surface area contributed by atoms with Crippen molar-refractivity contribution >= 4 is 0 Å². The normalized spacial score (nSPS) is 9.50. The molecule has 0 N–H and O–H groups in total. The van der Waals surface area contributed by atoms with E-state index in [0.29, 0.717) is 0 Å². The topological polar surface area (TPSA) is 0 Å². The summed E-state index contributed by atoms with van der Waals surface area (Å²) in [5, 5.41) is 0. The van der Waals surface area contributed by atoms with Gasteiger partial charge in [-0.1, -0.05) is 64.8 Å². The van der Waals surface area contributed by atoms with E-state index in [0.717, 1.165) is 0 Å². The Morgan fingerprint density at radius 1 is 0.750 bits per heavy atom. The van der Waals surface area contributed by atoms with Crippen molar-refractivity contribution in [2.24, 2.45) is 0 Å². The van der Waals surface area contributed by atoms with Crippen LogP contribution in [0.3, 0.4) is 0 Å². The first kappa shape index (κ1) is 15.2. The van der Waals surface area contributed by atoms with Crippen molar-refractivity contribution < 1.29 is 0 Å². The Labute approximate surface area is 102 Å². The van der Waals surface area contributed by atoms with Crippen LogP contribution >= 0.6 is 0 Å². The van der Waals surface area contributed by atoms with Gasteiger partial charge in [0, 0.05) is 0 Å². The third kappa shape index (κ3) is 5.95. The van der Waals surface area contributed by atoms with E-state index in [2.05, 4.69) is 38.1 Å². The van der Waals surface area contributed by atoms with Gasteiger partial charge in [0.15, 0.2) is 0 Å². The van der Waals surface area contributed by atoms with E-state index in [1.165, 1.54) is 38.5 Å². The van der Waals surface area contributed by atoms with Crippen molar-refractivity contribution in [3.8, 4) is 0 Å². The number of hydrogen-bond acceptors (Lipinski definition) is 0. The molecule has 1 rings (SSSR count). The predicted molar refractivity (Wildman–Crippen MR) is 75.0 cm³/mol. The van der Waals surface area contributed by atoms with Crippen LogP contribution in [0.4, 0.5) is 0 Å². The highest BCUT2D eigenvalue weighted by Crippen LogP contribution is 2.14. The van der Waals surface area contributed by atoms with Gasteiger partial charge in [-0.25, -0.2) is 0 Å². The van der Waals surface area contributed by atoms with Crippen LogP contribution in [0.5, 0.6) is 0 Å². The molecule has 0 bridgehead atoms. The van der Waals surface area contributed by atoms with Crippen LogP contribution in [-0.2, 0) is 12.8 Å². The Hall–Kier alpha value is -0.780. The van der Waals surface area contributed by atoms with E-state index in [1.807, 2.05) is 13.8 Å². The van der Waals surface area contributed by atoms with E-state index in [4.69, 9.17) is 0 Å². The van der Waals surface area contributed by atoms with Crippen LogP contribution < -0.4 is 0 Å². The molecule has 0 nitrogen and oxygen atoms in total. The van der Waals surface area contributed by atoms with Gasteiger partial charge >= 0.3 is 0 Å². The quantitative estimate of drug-likeness (QED) is 0.602. The Bertz CT molecular complexity index is 223. The molecule has 1 aromatic carbocycles. The van der Waals surface area contributed by atoms with E-state index >= 15 is 0 Å². The van der Waals surface area contributed by atoms with E-state index in [-0.39, 0.29) is 0 Å². The minimum Gasteiger partial charge on any atom is -0.0683 e. The summed E-state index contributed by atoms with van der Waals surface area (Å²) in [6, 6.07) is 8.92. The van der Waals surface area contributed by atoms with Crippen LogP contribution in [0.2, 0.25) is 0 Å². The van der Waals surface area contributed by atoms with E-state index in [9.17, 15) is 0 Å². The third-order valence-corrected chi connectivity index (χ3v) is 2.72. The molecule has 0 saturated heterocycles. The Balaban J connectivity index is 0.00000106. The maximum Gasteiger partial charge on any atom is -0.0276 e. The van der Waals surface area contributed by atoms with E-state index < -0.39 is 0 Å². The summed E-state index contributed by atoms with van der Waals surface area (Å²) in [4.78, 5) is 0. The largest absolute Gasteiger partial charge is 0.0683 e. The van der Waals surface area contributed by atoms with Crippen molar-refractivity contribution in [1.29, 1.82) is 0 Å². The first-order valence-corrected chi connectivity index (χ1v) is 6.95. The number of rotatable bonds is 6.